The van der Waals surface area contributed by atoms with E-state index in [0.29, 0.717) is 12.5 Å². The Labute approximate surface area is 141 Å². The molecule has 0 unspecified atom stereocenters. The number of ether oxygens (including phenoxy) is 1. The van der Waals surface area contributed by atoms with Gasteiger partial charge in [0.05, 0.1) is 18.8 Å². The zero-order chi connectivity index (χ0) is 16.2. The molecular formula is C17H24N6O. The molecule has 2 aromatic heterocycles. The van der Waals surface area contributed by atoms with Gasteiger partial charge in [-0.05, 0) is 18.8 Å². The van der Waals surface area contributed by atoms with E-state index < -0.39 is 0 Å². The molecule has 0 saturated carbocycles. The van der Waals surface area contributed by atoms with E-state index in [2.05, 4.69) is 30.2 Å². The van der Waals surface area contributed by atoms with Crippen LogP contribution >= 0.6 is 0 Å². The molecule has 0 spiro atoms. The van der Waals surface area contributed by atoms with Crippen molar-refractivity contribution in [1.29, 1.82) is 0 Å². The van der Waals surface area contributed by atoms with Gasteiger partial charge in [0.1, 0.15) is 18.0 Å². The summed E-state index contributed by atoms with van der Waals surface area (Å²) in [6.07, 6.45) is 8.44. The summed E-state index contributed by atoms with van der Waals surface area (Å²) in [5, 5.41) is 3.41. The third-order valence-corrected chi connectivity index (χ3v) is 4.90. The molecule has 1 fully saturated rings. The lowest BCUT2D eigenvalue weighted by molar-refractivity contribution is 0.168. The SMILES string of the molecule is c1c[nH]c(CNc2ncnc3c2CCN(C[C@@H]2CCOC2)CC3)n1. The maximum atomic E-state index is 5.51. The van der Waals surface area contributed by atoms with Crippen molar-refractivity contribution >= 4 is 5.82 Å². The second-order valence-corrected chi connectivity index (χ2v) is 6.57. The molecule has 1 atom stereocenters. The molecule has 7 nitrogen and oxygen atoms in total. The van der Waals surface area contributed by atoms with E-state index in [1.54, 1.807) is 12.5 Å². The van der Waals surface area contributed by atoms with Crippen molar-refractivity contribution in [3.05, 3.63) is 35.8 Å². The minimum Gasteiger partial charge on any atom is -0.381 e. The number of aromatic amines is 1. The van der Waals surface area contributed by atoms with Crippen LogP contribution in [0.5, 0.6) is 0 Å². The number of rotatable bonds is 5. The number of nitrogens with zero attached hydrogens (tertiary/aromatic N) is 4. The van der Waals surface area contributed by atoms with Crippen molar-refractivity contribution in [2.45, 2.75) is 25.8 Å². The minimum absolute atomic E-state index is 0.652. The van der Waals surface area contributed by atoms with Crippen molar-refractivity contribution < 1.29 is 4.74 Å². The van der Waals surface area contributed by atoms with Crippen LogP contribution in [0.15, 0.2) is 18.7 Å². The Bertz CT molecular complexity index is 653. The third-order valence-electron chi connectivity index (χ3n) is 4.90. The fourth-order valence-corrected chi connectivity index (χ4v) is 3.56. The second-order valence-electron chi connectivity index (χ2n) is 6.57. The summed E-state index contributed by atoms with van der Waals surface area (Å²) in [7, 11) is 0. The first-order valence-corrected chi connectivity index (χ1v) is 8.73. The summed E-state index contributed by atoms with van der Waals surface area (Å²) in [5.41, 5.74) is 2.44. The first kappa shape index (κ1) is 15.5. The van der Waals surface area contributed by atoms with Crippen LogP contribution < -0.4 is 5.32 Å². The minimum atomic E-state index is 0.652. The van der Waals surface area contributed by atoms with Crippen molar-refractivity contribution in [2.75, 3.05) is 38.2 Å². The van der Waals surface area contributed by atoms with Gasteiger partial charge in [-0.3, -0.25) is 0 Å². The summed E-state index contributed by atoms with van der Waals surface area (Å²) < 4.78 is 5.51. The Kier molecular flexibility index (Phi) is 4.71. The second kappa shape index (κ2) is 7.27. The molecule has 0 radical (unpaired) electrons. The zero-order valence-electron chi connectivity index (χ0n) is 13.9. The number of nitrogens with one attached hydrogen (secondary N) is 2. The van der Waals surface area contributed by atoms with E-state index in [0.717, 1.165) is 57.3 Å². The molecule has 4 rings (SSSR count). The van der Waals surface area contributed by atoms with Gasteiger partial charge in [-0.25, -0.2) is 15.0 Å². The quantitative estimate of drug-likeness (QED) is 0.860. The highest BCUT2D eigenvalue weighted by molar-refractivity contribution is 5.46. The lowest BCUT2D eigenvalue weighted by Gasteiger charge is -2.22. The average molecular weight is 328 g/mol. The largest absolute Gasteiger partial charge is 0.381 e. The van der Waals surface area contributed by atoms with Crippen LogP contribution in [0.1, 0.15) is 23.5 Å². The van der Waals surface area contributed by atoms with Crippen molar-refractivity contribution in [3.63, 3.8) is 0 Å². The molecule has 2 aliphatic rings. The van der Waals surface area contributed by atoms with Gasteiger partial charge in [-0.2, -0.15) is 0 Å². The molecule has 1 saturated heterocycles. The normalized spacial score (nSPS) is 21.4. The topological polar surface area (TPSA) is 79.0 Å². The summed E-state index contributed by atoms with van der Waals surface area (Å²) in [6, 6.07) is 0. The van der Waals surface area contributed by atoms with Gasteiger partial charge in [0.2, 0.25) is 0 Å². The van der Waals surface area contributed by atoms with E-state index in [-0.39, 0.29) is 0 Å². The highest BCUT2D eigenvalue weighted by Gasteiger charge is 2.23. The predicted octanol–water partition coefficient (Wildman–Crippen LogP) is 1.25. The summed E-state index contributed by atoms with van der Waals surface area (Å²) in [5.74, 6) is 2.55. The van der Waals surface area contributed by atoms with Crippen LogP contribution in [-0.4, -0.2) is 57.7 Å². The number of H-pyrrole nitrogens is 1. The highest BCUT2D eigenvalue weighted by Crippen LogP contribution is 2.22. The van der Waals surface area contributed by atoms with Crippen LogP contribution in [-0.2, 0) is 24.1 Å². The number of fused-ring (bicyclic) bond motifs is 1. The first-order valence-electron chi connectivity index (χ1n) is 8.73. The third kappa shape index (κ3) is 3.57. The van der Waals surface area contributed by atoms with Gasteiger partial charge < -0.3 is 19.9 Å². The number of hydrogen-bond acceptors (Lipinski definition) is 6. The predicted molar refractivity (Wildman–Crippen MR) is 90.7 cm³/mol. The fourth-order valence-electron chi connectivity index (χ4n) is 3.56. The van der Waals surface area contributed by atoms with E-state index in [4.69, 9.17) is 4.74 Å². The summed E-state index contributed by atoms with van der Waals surface area (Å²) in [6.45, 7) is 5.75. The molecule has 0 aromatic carbocycles. The van der Waals surface area contributed by atoms with Gasteiger partial charge in [0.15, 0.2) is 0 Å². The molecule has 2 aliphatic heterocycles. The standard InChI is InChI=1S/C17H24N6O/c1-6-23(10-13-3-8-24-11-13)7-2-15-14(1)17(22-12-21-15)20-9-16-18-4-5-19-16/h4-5,12-13H,1-3,6-11H2,(H,18,19)(H,20,21,22)/t13-/m0/s1. The molecule has 0 bridgehead atoms. The van der Waals surface area contributed by atoms with Crippen LogP contribution in [0, 0.1) is 5.92 Å². The van der Waals surface area contributed by atoms with Crippen molar-refractivity contribution in [2.24, 2.45) is 5.92 Å². The summed E-state index contributed by atoms with van der Waals surface area (Å²) >= 11 is 0. The molecule has 24 heavy (non-hydrogen) atoms. The van der Waals surface area contributed by atoms with Gasteiger partial charge in [0, 0.05) is 50.6 Å². The van der Waals surface area contributed by atoms with Crippen LogP contribution in [0.4, 0.5) is 5.82 Å². The maximum absolute atomic E-state index is 5.51. The lowest BCUT2D eigenvalue weighted by atomic mass is 10.1. The fraction of sp³-hybridized carbons (Fsp3) is 0.588. The Hall–Kier alpha value is -1.99. The molecule has 7 heteroatoms. The van der Waals surface area contributed by atoms with Crippen LogP contribution in [0.3, 0.4) is 0 Å². The van der Waals surface area contributed by atoms with Gasteiger partial charge in [0.25, 0.3) is 0 Å². The Morgan fingerprint density at radius 3 is 3.04 bits per heavy atom. The number of anilines is 1. The molecule has 0 amide bonds. The van der Waals surface area contributed by atoms with Crippen molar-refractivity contribution in [1.82, 2.24) is 24.8 Å². The van der Waals surface area contributed by atoms with E-state index in [1.165, 1.54) is 17.7 Å². The van der Waals surface area contributed by atoms with Crippen LogP contribution in [0.2, 0.25) is 0 Å². The van der Waals surface area contributed by atoms with Gasteiger partial charge in [-0.1, -0.05) is 0 Å². The average Bonchev–Trinajstić information content (AvgIpc) is 3.26. The Morgan fingerprint density at radius 2 is 2.21 bits per heavy atom. The zero-order valence-corrected chi connectivity index (χ0v) is 13.9. The molecule has 4 heterocycles. The summed E-state index contributed by atoms with van der Waals surface area (Å²) in [4.78, 5) is 18.9. The first-order chi connectivity index (χ1) is 11.9. The smallest absolute Gasteiger partial charge is 0.133 e. The van der Waals surface area contributed by atoms with E-state index in [1.807, 2.05) is 6.20 Å². The number of hydrogen-bond donors (Lipinski definition) is 2. The molecule has 128 valence electrons. The maximum Gasteiger partial charge on any atom is 0.133 e. The van der Waals surface area contributed by atoms with Gasteiger partial charge >= 0.3 is 0 Å². The molecule has 2 N–H and O–H groups in total. The lowest BCUT2D eigenvalue weighted by Crippen LogP contribution is -2.32. The van der Waals surface area contributed by atoms with Crippen molar-refractivity contribution in [3.8, 4) is 0 Å². The van der Waals surface area contributed by atoms with Crippen LogP contribution in [0.25, 0.3) is 0 Å². The Morgan fingerprint density at radius 1 is 1.25 bits per heavy atom. The molecule has 2 aromatic rings. The van der Waals surface area contributed by atoms with E-state index in [9.17, 15) is 0 Å². The molecular weight excluding hydrogens is 304 g/mol. The number of aromatic nitrogens is 4. The van der Waals surface area contributed by atoms with Gasteiger partial charge in [-0.15, -0.1) is 0 Å². The number of imidazole rings is 1. The monoisotopic (exact) mass is 328 g/mol. The molecule has 0 aliphatic carbocycles. The highest BCUT2D eigenvalue weighted by atomic mass is 16.5. The van der Waals surface area contributed by atoms with E-state index >= 15 is 0 Å². The Balaban J connectivity index is 1.41.